The maximum Gasteiger partial charge on any atom is 0.229 e. The second-order valence-electron chi connectivity index (χ2n) is 6.84. The molecule has 0 atom stereocenters. The SMILES string of the molecule is CN(C)CCN(C(=O)CCS(=O)(=O)c1ccc(F)cc1)c1nc2ccccc2s1.Cl. The van der Waals surface area contributed by atoms with Gasteiger partial charge < -0.3 is 4.90 Å². The molecule has 0 saturated heterocycles. The van der Waals surface area contributed by atoms with Crippen molar-refractivity contribution in [3.8, 4) is 0 Å². The Bertz CT molecular complexity index is 1070. The zero-order chi connectivity index (χ0) is 21.0. The second kappa shape index (κ2) is 10.3. The average Bonchev–Trinajstić information content (AvgIpc) is 3.10. The number of fused-ring (bicyclic) bond motifs is 1. The normalized spacial score (nSPS) is 11.5. The first kappa shape index (κ1) is 24.2. The Morgan fingerprint density at radius 2 is 1.73 bits per heavy atom. The van der Waals surface area contributed by atoms with Crippen LogP contribution in [0.15, 0.2) is 53.4 Å². The van der Waals surface area contributed by atoms with Crippen LogP contribution in [0.2, 0.25) is 0 Å². The highest BCUT2D eigenvalue weighted by Gasteiger charge is 2.23. The fourth-order valence-corrected chi connectivity index (χ4v) is 4.96. The number of aromatic nitrogens is 1. The van der Waals surface area contributed by atoms with Crippen LogP contribution in [0.25, 0.3) is 10.2 Å². The van der Waals surface area contributed by atoms with E-state index in [9.17, 15) is 17.6 Å². The maximum absolute atomic E-state index is 13.1. The molecule has 3 aromatic rings. The van der Waals surface area contributed by atoms with Gasteiger partial charge >= 0.3 is 0 Å². The van der Waals surface area contributed by atoms with Gasteiger partial charge in [0.25, 0.3) is 0 Å². The van der Waals surface area contributed by atoms with E-state index in [4.69, 9.17) is 0 Å². The van der Waals surface area contributed by atoms with Crippen LogP contribution in [0, 0.1) is 5.82 Å². The van der Waals surface area contributed by atoms with Crippen molar-refractivity contribution in [1.29, 1.82) is 0 Å². The fourth-order valence-electron chi connectivity index (χ4n) is 2.72. The highest BCUT2D eigenvalue weighted by molar-refractivity contribution is 7.91. The third kappa shape index (κ3) is 5.98. The molecule has 0 N–H and O–H groups in total. The van der Waals surface area contributed by atoms with Gasteiger partial charge in [-0.1, -0.05) is 23.5 Å². The lowest BCUT2D eigenvalue weighted by molar-refractivity contribution is -0.118. The van der Waals surface area contributed by atoms with Gasteiger partial charge in [-0.2, -0.15) is 0 Å². The summed E-state index contributed by atoms with van der Waals surface area (Å²) in [6.45, 7) is 1.02. The largest absolute Gasteiger partial charge is 0.308 e. The molecule has 0 fully saturated rings. The first-order chi connectivity index (χ1) is 13.8. The van der Waals surface area contributed by atoms with Crippen LogP contribution in [-0.4, -0.2) is 57.1 Å². The number of halogens is 2. The number of amides is 1. The molecule has 0 spiro atoms. The minimum absolute atomic E-state index is 0. The van der Waals surface area contributed by atoms with Crippen molar-refractivity contribution in [3.05, 3.63) is 54.3 Å². The smallest absolute Gasteiger partial charge is 0.229 e. The van der Waals surface area contributed by atoms with Crippen molar-refractivity contribution in [2.24, 2.45) is 0 Å². The molecule has 1 heterocycles. The lowest BCUT2D eigenvalue weighted by atomic mass is 10.3. The number of sulfone groups is 1. The van der Waals surface area contributed by atoms with Gasteiger partial charge in [-0.15, -0.1) is 12.4 Å². The van der Waals surface area contributed by atoms with Gasteiger partial charge in [0.1, 0.15) is 5.82 Å². The van der Waals surface area contributed by atoms with Gasteiger partial charge in [0.15, 0.2) is 15.0 Å². The Hall–Kier alpha value is -2.07. The highest BCUT2D eigenvalue weighted by Crippen LogP contribution is 2.29. The zero-order valence-electron chi connectivity index (χ0n) is 16.6. The van der Waals surface area contributed by atoms with Gasteiger partial charge in [0, 0.05) is 19.5 Å². The number of rotatable bonds is 8. The highest BCUT2D eigenvalue weighted by atomic mass is 35.5. The number of nitrogens with zero attached hydrogens (tertiary/aromatic N) is 3. The van der Waals surface area contributed by atoms with Crippen molar-refractivity contribution >= 4 is 54.8 Å². The molecule has 0 aliphatic heterocycles. The molecule has 2 aromatic carbocycles. The monoisotopic (exact) mass is 471 g/mol. The minimum atomic E-state index is -3.69. The van der Waals surface area contributed by atoms with Crippen LogP contribution in [-0.2, 0) is 14.6 Å². The first-order valence-electron chi connectivity index (χ1n) is 9.05. The number of anilines is 1. The number of likely N-dealkylation sites (N-methyl/N-ethyl adjacent to an activating group) is 1. The van der Waals surface area contributed by atoms with Crippen molar-refractivity contribution in [2.75, 3.05) is 37.8 Å². The van der Waals surface area contributed by atoms with Gasteiger partial charge in [0.05, 0.1) is 20.9 Å². The van der Waals surface area contributed by atoms with Crippen molar-refractivity contribution < 1.29 is 17.6 Å². The number of para-hydroxylation sites is 1. The summed E-state index contributed by atoms with van der Waals surface area (Å²) in [5.74, 6) is -1.16. The van der Waals surface area contributed by atoms with Crippen LogP contribution >= 0.6 is 23.7 Å². The molecule has 30 heavy (non-hydrogen) atoms. The van der Waals surface area contributed by atoms with Crippen LogP contribution in [0.1, 0.15) is 6.42 Å². The Balaban J connectivity index is 0.00000320. The summed E-state index contributed by atoms with van der Waals surface area (Å²) >= 11 is 1.40. The Kier molecular flexibility index (Phi) is 8.31. The van der Waals surface area contributed by atoms with Crippen LogP contribution < -0.4 is 4.90 Å². The summed E-state index contributed by atoms with van der Waals surface area (Å²) in [6.07, 6.45) is -0.178. The predicted octanol–water partition coefficient (Wildman–Crippen LogP) is 3.62. The van der Waals surface area contributed by atoms with E-state index in [-0.39, 0.29) is 35.4 Å². The fraction of sp³-hybridized carbons (Fsp3) is 0.300. The topological polar surface area (TPSA) is 70.6 Å². The third-order valence-corrected chi connectivity index (χ3v) is 7.13. The predicted molar refractivity (Wildman–Crippen MR) is 121 cm³/mol. The lowest BCUT2D eigenvalue weighted by Crippen LogP contribution is -2.37. The molecule has 0 aliphatic carbocycles. The van der Waals surface area contributed by atoms with Gasteiger partial charge in [-0.25, -0.2) is 17.8 Å². The molecule has 0 unspecified atom stereocenters. The zero-order valence-corrected chi connectivity index (χ0v) is 19.1. The van der Waals surface area contributed by atoms with Crippen LogP contribution in [0.3, 0.4) is 0 Å². The van der Waals surface area contributed by atoms with E-state index in [1.165, 1.54) is 23.5 Å². The van der Waals surface area contributed by atoms with E-state index >= 15 is 0 Å². The summed E-state index contributed by atoms with van der Waals surface area (Å²) in [5.41, 5.74) is 0.800. The van der Waals surface area contributed by atoms with E-state index in [0.717, 1.165) is 22.3 Å². The summed E-state index contributed by atoms with van der Waals surface area (Å²) < 4.78 is 39.0. The average molecular weight is 472 g/mol. The Morgan fingerprint density at radius 3 is 2.37 bits per heavy atom. The molecule has 0 bridgehead atoms. The number of hydrogen-bond donors (Lipinski definition) is 0. The van der Waals surface area contributed by atoms with E-state index in [2.05, 4.69) is 4.98 Å². The van der Waals surface area contributed by atoms with E-state index in [0.29, 0.717) is 18.2 Å². The summed E-state index contributed by atoms with van der Waals surface area (Å²) in [7, 11) is 0.120. The summed E-state index contributed by atoms with van der Waals surface area (Å²) in [6, 6.07) is 12.2. The first-order valence-corrected chi connectivity index (χ1v) is 11.5. The molecule has 1 amide bonds. The van der Waals surface area contributed by atoms with Gasteiger partial charge in [-0.3, -0.25) is 9.69 Å². The van der Waals surface area contributed by atoms with E-state index in [1.807, 2.05) is 43.3 Å². The molecular formula is C20H23ClFN3O3S2. The Morgan fingerprint density at radius 1 is 1.07 bits per heavy atom. The van der Waals surface area contributed by atoms with Crippen molar-refractivity contribution in [2.45, 2.75) is 11.3 Å². The number of carbonyl (C=O) groups is 1. The standard InChI is InChI=1S/C20H22FN3O3S2.ClH/c1-23(2)12-13-24(20-22-17-5-3-4-6-18(17)28-20)19(25)11-14-29(26,27)16-9-7-15(21)8-10-16;/h3-10H,11-14H2,1-2H3;1H. The molecule has 162 valence electrons. The number of benzene rings is 2. The van der Waals surface area contributed by atoms with E-state index < -0.39 is 15.7 Å². The molecule has 1 aromatic heterocycles. The molecule has 3 rings (SSSR count). The third-order valence-electron chi connectivity index (χ3n) is 4.34. The number of hydrogen-bond acceptors (Lipinski definition) is 6. The summed E-state index contributed by atoms with van der Waals surface area (Å²) in [5, 5.41) is 0.553. The molecule has 0 radical (unpaired) electrons. The summed E-state index contributed by atoms with van der Waals surface area (Å²) in [4.78, 5) is 21.0. The van der Waals surface area contributed by atoms with Crippen LogP contribution in [0.5, 0.6) is 0 Å². The number of thiazole rings is 1. The van der Waals surface area contributed by atoms with Crippen molar-refractivity contribution in [1.82, 2.24) is 9.88 Å². The lowest BCUT2D eigenvalue weighted by Gasteiger charge is -2.22. The maximum atomic E-state index is 13.1. The minimum Gasteiger partial charge on any atom is -0.308 e. The molecule has 10 heteroatoms. The quantitative estimate of drug-likeness (QED) is 0.469. The van der Waals surface area contributed by atoms with E-state index in [1.54, 1.807) is 4.90 Å². The van der Waals surface area contributed by atoms with Crippen LogP contribution in [0.4, 0.5) is 9.52 Å². The van der Waals surface area contributed by atoms with Gasteiger partial charge in [-0.05, 0) is 50.5 Å². The van der Waals surface area contributed by atoms with Gasteiger partial charge in [0.2, 0.25) is 5.91 Å². The Labute approximate surface area is 185 Å². The molecule has 0 saturated carbocycles. The number of carbonyl (C=O) groups excluding carboxylic acids is 1. The van der Waals surface area contributed by atoms with Crippen molar-refractivity contribution in [3.63, 3.8) is 0 Å². The second-order valence-corrected chi connectivity index (χ2v) is 9.95. The molecule has 0 aliphatic rings. The molecule has 6 nitrogen and oxygen atoms in total. The molecular weight excluding hydrogens is 449 g/mol.